The van der Waals surface area contributed by atoms with Crippen molar-refractivity contribution in [1.82, 2.24) is 25.3 Å². The van der Waals surface area contributed by atoms with Crippen molar-refractivity contribution in [2.24, 2.45) is 0 Å². The number of aromatic amines is 1. The van der Waals surface area contributed by atoms with Crippen LogP contribution in [-0.2, 0) is 17.7 Å². The number of carbonyl (C=O) groups is 1. The van der Waals surface area contributed by atoms with E-state index in [-0.39, 0.29) is 5.91 Å². The van der Waals surface area contributed by atoms with Gasteiger partial charge in [-0.05, 0) is 41.5 Å². The Morgan fingerprint density at radius 2 is 1.94 bits per heavy atom. The van der Waals surface area contributed by atoms with Gasteiger partial charge in [0.2, 0.25) is 0 Å². The van der Waals surface area contributed by atoms with Crippen LogP contribution >= 0.6 is 11.8 Å². The van der Waals surface area contributed by atoms with Gasteiger partial charge in [0, 0.05) is 42.8 Å². The third kappa shape index (κ3) is 6.26. The van der Waals surface area contributed by atoms with E-state index >= 15 is 0 Å². The van der Waals surface area contributed by atoms with Crippen LogP contribution in [0.15, 0.2) is 83.2 Å². The molecule has 178 valence electrons. The van der Waals surface area contributed by atoms with Crippen LogP contribution in [-0.4, -0.2) is 52.1 Å². The standard InChI is InChI=1S/C26H26N6O2S/c33-26(23-17-27-18-30-23)29-16-20-2-1-3-22(14-20)35-25-8-9-28-24(31-25)15-19-4-6-21(7-5-19)32-10-12-34-13-11-32/h1-9,14,17-18H,10-13,15-16H2,(H,27,30)(H,29,33). The lowest BCUT2D eigenvalue weighted by Gasteiger charge is -2.28. The number of nitrogens with zero attached hydrogens (tertiary/aromatic N) is 4. The van der Waals surface area contributed by atoms with Crippen LogP contribution in [0.3, 0.4) is 0 Å². The number of hydrogen-bond donors (Lipinski definition) is 2. The molecule has 2 N–H and O–H groups in total. The predicted molar refractivity (Wildman–Crippen MR) is 135 cm³/mol. The van der Waals surface area contributed by atoms with Crippen molar-refractivity contribution in [1.29, 1.82) is 0 Å². The molecule has 9 heteroatoms. The lowest BCUT2D eigenvalue weighted by molar-refractivity contribution is 0.0946. The van der Waals surface area contributed by atoms with Crippen LogP contribution < -0.4 is 10.2 Å². The maximum atomic E-state index is 12.1. The summed E-state index contributed by atoms with van der Waals surface area (Å²) in [6.07, 6.45) is 5.48. The van der Waals surface area contributed by atoms with Gasteiger partial charge in [-0.15, -0.1) is 0 Å². The van der Waals surface area contributed by atoms with Gasteiger partial charge in [0.15, 0.2) is 0 Å². The van der Waals surface area contributed by atoms with Gasteiger partial charge in [-0.2, -0.15) is 0 Å². The van der Waals surface area contributed by atoms with Gasteiger partial charge in [0.05, 0.1) is 25.7 Å². The fourth-order valence-corrected chi connectivity index (χ4v) is 4.73. The fraction of sp³-hybridized carbons (Fsp3) is 0.231. The van der Waals surface area contributed by atoms with E-state index in [2.05, 4.69) is 55.5 Å². The number of nitrogens with one attached hydrogen (secondary N) is 2. The number of H-pyrrole nitrogens is 1. The summed E-state index contributed by atoms with van der Waals surface area (Å²) in [6.45, 7) is 3.85. The Kier molecular flexibility index (Phi) is 7.35. The molecule has 0 atom stereocenters. The number of carbonyl (C=O) groups excluding carboxylic acids is 1. The van der Waals surface area contributed by atoms with E-state index in [4.69, 9.17) is 9.72 Å². The van der Waals surface area contributed by atoms with Crippen molar-refractivity contribution >= 4 is 23.4 Å². The Morgan fingerprint density at radius 3 is 2.74 bits per heavy atom. The number of benzene rings is 2. The zero-order valence-electron chi connectivity index (χ0n) is 19.2. The van der Waals surface area contributed by atoms with Gasteiger partial charge in [-0.25, -0.2) is 15.0 Å². The van der Waals surface area contributed by atoms with E-state index in [1.54, 1.807) is 18.0 Å². The quantitative estimate of drug-likeness (QED) is 0.367. The number of imidazole rings is 1. The molecule has 0 unspecified atom stereocenters. The topological polar surface area (TPSA) is 96.0 Å². The van der Waals surface area contributed by atoms with Crippen LogP contribution in [0.25, 0.3) is 0 Å². The molecular weight excluding hydrogens is 460 g/mol. The summed E-state index contributed by atoms with van der Waals surface area (Å²) in [5.74, 6) is 0.607. The molecule has 1 amide bonds. The summed E-state index contributed by atoms with van der Waals surface area (Å²) in [7, 11) is 0. The molecule has 5 rings (SSSR count). The Bertz CT molecular complexity index is 1260. The van der Waals surface area contributed by atoms with Gasteiger partial charge >= 0.3 is 0 Å². The van der Waals surface area contributed by atoms with Crippen LogP contribution in [0.4, 0.5) is 5.69 Å². The van der Waals surface area contributed by atoms with Crippen LogP contribution in [0, 0.1) is 0 Å². The lowest BCUT2D eigenvalue weighted by Crippen LogP contribution is -2.36. The highest BCUT2D eigenvalue weighted by Gasteiger charge is 2.11. The number of anilines is 1. The number of aromatic nitrogens is 4. The monoisotopic (exact) mass is 486 g/mol. The average Bonchev–Trinajstić information content (AvgIpc) is 3.44. The Labute approximate surface area is 208 Å². The molecule has 0 spiro atoms. The SMILES string of the molecule is O=C(NCc1cccc(Sc2ccnc(Cc3ccc(N4CCOCC4)cc3)n2)c1)c1cnc[nH]1. The zero-order chi connectivity index (χ0) is 23.9. The summed E-state index contributed by atoms with van der Waals surface area (Å²) in [4.78, 5) is 31.4. The molecule has 0 saturated carbocycles. The molecule has 1 aliphatic heterocycles. The first-order chi connectivity index (χ1) is 17.2. The highest BCUT2D eigenvalue weighted by molar-refractivity contribution is 7.99. The zero-order valence-corrected chi connectivity index (χ0v) is 20.0. The maximum Gasteiger partial charge on any atom is 0.269 e. The second-order valence-corrected chi connectivity index (χ2v) is 9.24. The second-order valence-electron chi connectivity index (χ2n) is 8.15. The number of morpholine rings is 1. The molecule has 3 heterocycles. The maximum absolute atomic E-state index is 12.1. The van der Waals surface area contributed by atoms with Gasteiger partial charge in [-0.1, -0.05) is 36.0 Å². The number of hydrogen-bond acceptors (Lipinski definition) is 7. The number of amides is 1. The molecule has 2 aromatic carbocycles. The highest BCUT2D eigenvalue weighted by Crippen LogP contribution is 2.27. The van der Waals surface area contributed by atoms with Gasteiger partial charge in [0.1, 0.15) is 16.5 Å². The lowest BCUT2D eigenvalue weighted by atomic mass is 10.1. The summed E-state index contributed by atoms with van der Waals surface area (Å²) in [5.41, 5.74) is 3.86. The largest absolute Gasteiger partial charge is 0.378 e. The normalized spacial score (nSPS) is 13.5. The van der Waals surface area contributed by atoms with Crippen LogP contribution in [0.1, 0.15) is 27.4 Å². The van der Waals surface area contributed by atoms with E-state index in [1.807, 2.05) is 24.3 Å². The third-order valence-corrected chi connectivity index (χ3v) is 6.60. The molecule has 2 aromatic heterocycles. The van der Waals surface area contributed by atoms with Crippen molar-refractivity contribution in [3.63, 3.8) is 0 Å². The van der Waals surface area contributed by atoms with E-state index in [9.17, 15) is 4.79 Å². The molecule has 1 aliphatic rings. The second kappa shape index (κ2) is 11.2. The van der Waals surface area contributed by atoms with Gasteiger partial charge in [0.25, 0.3) is 5.91 Å². The van der Waals surface area contributed by atoms with E-state index in [1.165, 1.54) is 23.8 Å². The van der Waals surface area contributed by atoms with Crippen molar-refractivity contribution in [2.75, 3.05) is 31.2 Å². The molecule has 35 heavy (non-hydrogen) atoms. The predicted octanol–water partition coefficient (Wildman–Crippen LogP) is 3.71. The third-order valence-electron chi connectivity index (χ3n) is 5.67. The first-order valence-corrected chi connectivity index (χ1v) is 12.3. The fourth-order valence-electron chi connectivity index (χ4n) is 3.85. The van der Waals surface area contributed by atoms with Crippen LogP contribution in [0.5, 0.6) is 0 Å². The molecule has 1 saturated heterocycles. The van der Waals surface area contributed by atoms with E-state index < -0.39 is 0 Å². The van der Waals surface area contributed by atoms with Crippen molar-refractivity contribution < 1.29 is 9.53 Å². The average molecular weight is 487 g/mol. The van der Waals surface area contributed by atoms with Crippen molar-refractivity contribution in [3.05, 3.63) is 96.0 Å². The first-order valence-electron chi connectivity index (χ1n) is 11.5. The number of rotatable bonds is 8. The van der Waals surface area contributed by atoms with Crippen LogP contribution in [0.2, 0.25) is 0 Å². The minimum atomic E-state index is -0.182. The molecule has 1 fully saturated rings. The minimum Gasteiger partial charge on any atom is -0.378 e. The molecule has 0 bridgehead atoms. The van der Waals surface area contributed by atoms with Gasteiger partial charge in [-0.3, -0.25) is 4.79 Å². The summed E-state index contributed by atoms with van der Waals surface area (Å²) in [6, 6.07) is 18.6. The number of ether oxygens (including phenoxy) is 1. The molecular formula is C26H26N6O2S. The molecule has 0 aliphatic carbocycles. The van der Waals surface area contributed by atoms with E-state index in [0.717, 1.165) is 47.6 Å². The Hall–Kier alpha value is -3.69. The van der Waals surface area contributed by atoms with Gasteiger partial charge < -0.3 is 19.9 Å². The first kappa shape index (κ1) is 23.1. The molecule has 8 nitrogen and oxygen atoms in total. The summed E-state index contributed by atoms with van der Waals surface area (Å²) >= 11 is 1.58. The minimum absolute atomic E-state index is 0.182. The molecule has 0 radical (unpaired) electrons. The molecule has 4 aromatic rings. The Balaban J connectivity index is 1.19. The Morgan fingerprint density at radius 1 is 1.09 bits per heavy atom. The smallest absolute Gasteiger partial charge is 0.269 e. The van der Waals surface area contributed by atoms with E-state index in [0.29, 0.717) is 18.7 Å². The summed E-state index contributed by atoms with van der Waals surface area (Å²) < 4.78 is 5.44. The van der Waals surface area contributed by atoms with Crippen molar-refractivity contribution in [3.8, 4) is 0 Å². The summed E-state index contributed by atoms with van der Waals surface area (Å²) in [5, 5.41) is 3.79. The highest BCUT2D eigenvalue weighted by atomic mass is 32.2. The van der Waals surface area contributed by atoms with Crippen molar-refractivity contribution in [2.45, 2.75) is 22.9 Å².